The van der Waals surface area contributed by atoms with E-state index in [9.17, 15) is 14.4 Å². The van der Waals surface area contributed by atoms with Crippen LogP contribution in [0.2, 0.25) is 0 Å². The Hall–Kier alpha value is -3.61. The second-order valence-corrected chi connectivity index (χ2v) is 5.01. The largest absolute Gasteiger partial charge is 0.422 e. The van der Waals surface area contributed by atoms with Crippen LogP contribution in [0.15, 0.2) is 63.8 Å². The fraction of sp³-hybridized carbons (Fsp3) is 0. The normalized spacial score (nSPS) is 10.3. The van der Waals surface area contributed by atoms with E-state index in [0.29, 0.717) is 22.3 Å². The van der Waals surface area contributed by atoms with Gasteiger partial charge in [0.2, 0.25) is 0 Å². The van der Waals surface area contributed by atoms with Gasteiger partial charge in [0, 0.05) is 16.8 Å². The highest BCUT2D eigenvalue weighted by Crippen LogP contribution is 2.16. The molecule has 0 fully saturated rings. The molecule has 0 saturated carbocycles. The molecule has 2 aromatic carbocycles. The Kier molecular flexibility index (Phi) is 3.98. The lowest BCUT2D eigenvalue weighted by Gasteiger charge is -2.07. The Labute approximate surface area is 136 Å². The summed E-state index contributed by atoms with van der Waals surface area (Å²) in [5.74, 6) is -0.579. The number of amides is 3. The predicted molar refractivity (Wildman–Crippen MR) is 90.1 cm³/mol. The number of para-hydroxylation sites is 1. The lowest BCUT2D eigenvalue weighted by atomic mass is 10.1. The zero-order valence-electron chi connectivity index (χ0n) is 12.4. The maximum Gasteiger partial charge on any atom is 0.349 e. The molecule has 0 atom stereocenters. The zero-order chi connectivity index (χ0) is 17.1. The van der Waals surface area contributed by atoms with Crippen LogP contribution in [0.25, 0.3) is 11.0 Å². The van der Waals surface area contributed by atoms with Crippen LogP contribution in [0.5, 0.6) is 0 Å². The van der Waals surface area contributed by atoms with Crippen LogP contribution in [0.1, 0.15) is 10.4 Å². The van der Waals surface area contributed by atoms with Crippen molar-refractivity contribution in [1.29, 1.82) is 0 Å². The summed E-state index contributed by atoms with van der Waals surface area (Å²) >= 11 is 0. The number of anilines is 2. The number of hydrogen-bond donors (Lipinski definition) is 3. The lowest BCUT2D eigenvalue weighted by molar-refractivity contribution is 0.102. The van der Waals surface area contributed by atoms with Gasteiger partial charge in [-0.1, -0.05) is 18.2 Å². The van der Waals surface area contributed by atoms with Crippen LogP contribution >= 0.6 is 0 Å². The summed E-state index contributed by atoms with van der Waals surface area (Å²) in [5.41, 5.74) is 5.59. The standard InChI is InChI=1S/C17H13N3O4/c18-17(23)20-12-7-5-11(6-8-12)19-15(21)13-9-10-3-1-2-4-14(10)24-16(13)22/h1-9H,(H,19,21)(H3,18,20,23). The molecule has 4 N–H and O–H groups in total. The van der Waals surface area contributed by atoms with Gasteiger partial charge in [-0.3, -0.25) is 4.79 Å². The Morgan fingerprint density at radius 1 is 0.917 bits per heavy atom. The van der Waals surface area contributed by atoms with Gasteiger partial charge >= 0.3 is 11.7 Å². The Balaban J connectivity index is 1.83. The molecule has 0 unspecified atom stereocenters. The number of carbonyl (C=O) groups is 2. The molecule has 7 heteroatoms. The number of urea groups is 1. The van der Waals surface area contributed by atoms with E-state index in [4.69, 9.17) is 10.2 Å². The molecular weight excluding hydrogens is 310 g/mol. The Morgan fingerprint density at radius 3 is 2.21 bits per heavy atom. The van der Waals surface area contributed by atoms with Gasteiger partial charge < -0.3 is 20.8 Å². The molecule has 3 aromatic rings. The first-order valence-corrected chi connectivity index (χ1v) is 7.04. The third-order valence-corrected chi connectivity index (χ3v) is 3.30. The van der Waals surface area contributed by atoms with Crippen molar-refractivity contribution in [2.24, 2.45) is 5.73 Å². The second kappa shape index (κ2) is 6.25. The minimum absolute atomic E-state index is 0.0898. The van der Waals surface area contributed by atoms with Crippen molar-refractivity contribution in [2.75, 3.05) is 10.6 Å². The number of primary amides is 1. The van der Waals surface area contributed by atoms with Gasteiger partial charge in [-0.05, 0) is 36.4 Å². The lowest BCUT2D eigenvalue weighted by Crippen LogP contribution is -2.21. The summed E-state index contributed by atoms with van der Waals surface area (Å²) in [4.78, 5) is 35.0. The molecule has 3 rings (SSSR count). The highest BCUT2D eigenvalue weighted by atomic mass is 16.4. The van der Waals surface area contributed by atoms with Crippen molar-refractivity contribution in [3.63, 3.8) is 0 Å². The molecule has 0 aliphatic carbocycles. The van der Waals surface area contributed by atoms with E-state index >= 15 is 0 Å². The number of benzene rings is 2. The molecule has 0 radical (unpaired) electrons. The summed E-state index contributed by atoms with van der Waals surface area (Å²) < 4.78 is 5.14. The van der Waals surface area contributed by atoms with E-state index in [1.165, 1.54) is 6.07 Å². The highest BCUT2D eigenvalue weighted by molar-refractivity contribution is 6.05. The molecule has 0 aliphatic heterocycles. The zero-order valence-corrected chi connectivity index (χ0v) is 12.4. The van der Waals surface area contributed by atoms with E-state index in [2.05, 4.69) is 10.6 Å². The van der Waals surface area contributed by atoms with Crippen LogP contribution in [-0.2, 0) is 0 Å². The van der Waals surface area contributed by atoms with E-state index in [0.717, 1.165) is 0 Å². The van der Waals surface area contributed by atoms with Gasteiger partial charge in [-0.25, -0.2) is 9.59 Å². The average molecular weight is 323 g/mol. The van der Waals surface area contributed by atoms with Gasteiger partial charge in [0.05, 0.1) is 0 Å². The molecule has 7 nitrogen and oxygen atoms in total. The third kappa shape index (κ3) is 3.25. The van der Waals surface area contributed by atoms with Crippen LogP contribution in [-0.4, -0.2) is 11.9 Å². The van der Waals surface area contributed by atoms with Crippen LogP contribution in [0.4, 0.5) is 16.2 Å². The van der Waals surface area contributed by atoms with Gasteiger partial charge in [0.1, 0.15) is 11.1 Å². The fourth-order valence-electron chi connectivity index (χ4n) is 2.20. The van der Waals surface area contributed by atoms with Crippen LogP contribution in [0.3, 0.4) is 0 Å². The van der Waals surface area contributed by atoms with Crippen LogP contribution in [0, 0.1) is 0 Å². The molecular formula is C17H13N3O4. The number of hydrogen-bond acceptors (Lipinski definition) is 4. The maximum atomic E-state index is 12.3. The average Bonchev–Trinajstić information content (AvgIpc) is 2.55. The first-order chi connectivity index (χ1) is 11.5. The fourth-order valence-corrected chi connectivity index (χ4v) is 2.20. The van der Waals surface area contributed by atoms with E-state index < -0.39 is 17.6 Å². The number of nitrogens with one attached hydrogen (secondary N) is 2. The van der Waals surface area contributed by atoms with Crippen molar-refractivity contribution in [2.45, 2.75) is 0 Å². The van der Waals surface area contributed by atoms with Crippen molar-refractivity contribution in [3.8, 4) is 0 Å². The minimum Gasteiger partial charge on any atom is -0.422 e. The molecule has 24 heavy (non-hydrogen) atoms. The second-order valence-electron chi connectivity index (χ2n) is 5.01. The maximum absolute atomic E-state index is 12.3. The quantitative estimate of drug-likeness (QED) is 0.642. The predicted octanol–water partition coefficient (Wildman–Crippen LogP) is 2.54. The van der Waals surface area contributed by atoms with Crippen molar-refractivity contribution < 1.29 is 14.0 Å². The molecule has 0 bridgehead atoms. The van der Waals surface area contributed by atoms with Crippen LogP contribution < -0.4 is 22.0 Å². The number of carbonyl (C=O) groups excluding carboxylic acids is 2. The van der Waals surface area contributed by atoms with Gasteiger partial charge in [0.15, 0.2) is 0 Å². The number of nitrogens with two attached hydrogens (primary N) is 1. The van der Waals surface area contributed by atoms with E-state index in [1.807, 2.05) is 0 Å². The minimum atomic E-state index is -0.710. The Bertz CT molecular complexity index is 977. The molecule has 0 spiro atoms. The van der Waals surface area contributed by atoms with Crippen molar-refractivity contribution in [1.82, 2.24) is 0 Å². The summed E-state index contributed by atoms with van der Waals surface area (Å²) in [6, 6.07) is 14.0. The number of rotatable bonds is 3. The number of fused-ring (bicyclic) bond motifs is 1. The van der Waals surface area contributed by atoms with Crippen molar-refractivity contribution >= 4 is 34.3 Å². The molecule has 3 amide bonds. The topological polar surface area (TPSA) is 114 Å². The van der Waals surface area contributed by atoms with E-state index in [1.54, 1.807) is 48.5 Å². The summed E-state index contributed by atoms with van der Waals surface area (Å²) in [7, 11) is 0. The molecule has 0 saturated heterocycles. The van der Waals surface area contributed by atoms with Gasteiger partial charge in [-0.15, -0.1) is 0 Å². The summed E-state index contributed by atoms with van der Waals surface area (Å²) in [6.07, 6.45) is 0. The summed E-state index contributed by atoms with van der Waals surface area (Å²) in [5, 5.41) is 5.66. The monoisotopic (exact) mass is 323 g/mol. The summed E-state index contributed by atoms with van der Waals surface area (Å²) in [6.45, 7) is 0. The van der Waals surface area contributed by atoms with Gasteiger partial charge in [0.25, 0.3) is 5.91 Å². The van der Waals surface area contributed by atoms with Crippen molar-refractivity contribution in [3.05, 3.63) is 70.6 Å². The third-order valence-electron chi connectivity index (χ3n) is 3.30. The smallest absolute Gasteiger partial charge is 0.349 e. The first-order valence-electron chi connectivity index (χ1n) is 7.04. The first kappa shape index (κ1) is 15.3. The van der Waals surface area contributed by atoms with Gasteiger partial charge in [-0.2, -0.15) is 0 Å². The molecule has 120 valence electrons. The Morgan fingerprint density at radius 2 is 1.54 bits per heavy atom. The molecule has 0 aliphatic rings. The van der Waals surface area contributed by atoms with E-state index in [-0.39, 0.29) is 5.56 Å². The molecule has 1 aromatic heterocycles. The molecule has 1 heterocycles. The SMILES string of the molecule is NC(=O)Nc1ccc(NC(=O)c2cc3ccccc3oc2=O)cc1. The highest BCUT2D eigenvalue weighted by Gasteiger charge is 2.13.